The van der Waals surface area contributed by atoms with Gasteiger partial charge < -0.3 is 0 Å². The second-order valence-corrected chi connectivity index (χ2v) is 10.2. The van der Waals surface area contributed by atoms with Crippen LogP contribution in [-0.4, -0.2) is 9.97 Å². The third-order valence-corrected chi connectivity index (χ3v) is 7.64. The van der Waals surface area contributed by atoms with Crippen molar-refractivity contribution in [1.29, 1.82) is 10.5 Å². The molecular formula is C38H22N4. The van der Waals surface area contributed by atoms with Gasteiger partial charge in [0.2, 0.25) is 0 Å². The molecule has 7 rings (SSSR count). The molecule has 0 amide bonds. The Labute approximate surface area is 243 Å². The Balaban J connectivity index is 1.47. The molecule has 0 spiro atoms. The van der Waals surface area contributed by atoms with Gasteiger partial charge in [0.25, 0.3) is 0 Å². The fourth-order valence-electron chi connectivity index (χ4n) is 5.78. The molecule has 0 aliphatic carbocycles. The Hall–Kier alpha value is -6.10. The van der Waals surface area contributed by atoms with Crippen LogP contribution in [0.3, 0.4) is 0 Å². The first-order valence-corrected chi connectivity index (χ1v) is 13.6. The van der Waals surface area contributed by atoms with E-state index in [9.17, 15) is 10.5 Å². The maximum Gasteiger partial charge on any atom is 0.101 e. The molecule has 0 atom stereocenters. The lowest BCUT2D eigenvalue weighted by atomic mass is 9.85. The highest BCUT2D eigenvalue weighted by Crippen LogP contribution is 2.44. The maximum absolute atomic E-state index is 9.40. The molecule has 194 valence electrons. The molecule has 0 fully saturated rings. The minimum absolute atomic E-state index is 0.538. The summed E-state index contributed by atoms with van der Waals surface area (Å²) in [6, 6.07) is 42.1. The topological polar surface area (TPSA) is 73.4 Å². The van der Waals surface area contributed by atoms with Crippen molar-refractivity contribution >= 4 is 21.5 Å². The van der Waals surface area contributed by atoms with Crippen LogP contribution in [0.1, 0.15) is 11.1 Å². The van der Waals surface area contributed by atoms with Gasteiger partial charge in [0.1, 0.15) is 12.1 Å². The monoisotopic (exact) mass is 534 g/mol. The van der Waals surface area contributed by atoms with Gasteiger partial charge in [-0.25, -0.2) is 0 Å². The van der Waals surface area contributed by atoms with Gasteiger partial charge in [-0.05, 0) is 79.2 Å². The number of hydrogen-bond acceptors (Lipinski definition) is 4. The molecule has 4 heteroatoms. The quantitative estimate of drug-likeness (QED) is 0.211. The summed E-state index contributed by atoms with van der Waals surface area (Å²) in [5, 5.41) is 23.4. The highest BCUT2D eigenvalue weighted by atomic mass is 14.6. The average Bonchev–Trinajstić information content (AvgIpc) is 3.07. The van der Waals surface area contributed by atoms with Crippen molar-refractivity contribution < 1.29 is 0 Å². The lowest BCUT2D eigenvalue weighted by Crippen LogP contribution is -1.92. The number of nitriles is 2. The number of nitrogens with zero attached hydrogens (tertiary/aromatic N) is 4. The fourth-order valence-corrected chi connectivity index (χ4v) is 5.78. The van der Waals surface area contributed by atoms with Gasteiger partial charge in [0.05, 0.1) is 11.1 Å². The molecule has 2 aromatic heterocycles. The van der Waals surface area contributed by atoms with Crippen molar-refractivity contribution in [2.75, 3.05) is 0 Å². The molecule has 0 aliphatic heterocycles. The van der Waals surface area contributed by atoms with Crippen molar-refractivity contribution in [3.8, 4) is 56.6 Å². The predicted octanol–water partition coefficient (Wildman–Crippen LogP) is 9.19. The molecule has 7 aromatic rings. The lowest BCUT2D eigenvalue weighted by Gasteiger charge is -2.18. The number of hydrogen-bond donors (Lipinski definition) is 0. The third-order valence-electron chi connectivity index (χ3n) is 7.64. The Kier molecular flexibility index (Phi) is 6.21. The summed E-state index contributed by atoms with van der Waals surface area (Å²) >= 11 is 0. The van der Waals surface area contributed by atoms with Crippen molar-refractivity contribution in [1.82, 2.24) is 9.97 Å². The summed E-state index contributed by atoms with van der Waals surface area (Å²) in [6.45, 7) is 0. The second-order valence-electron chi connectivity index (χ2n) is 10.2. The minimum atomic E-state index is 0.538. The summed E-state index contributed by atoms with van der Waals surface area (Å²) in [4.78, 5) is 8.55. The van der Waals surface area contributed by atoms with Crippen LogP contribution in [0.5, 0.6) is 0 Å². The molecule has 0 N–H and O–H groups in total. The molecule has 4 nitrogen and oxygen atoms in total. The van der Waals surface area contributed by atoms with E-state index in [0.29, 0.717) is 11.1 Å². The van der Waals surface area contributed by atoms with Gasteiger partial charge in [-0.2, -0.15) is 10.5 Å². The van der Waals surface area contributed by atoms with E-state index in [1.54, 1.807) is 24.8 Å². The molecule has 42 heavy (non-hydrogen) atoms. The van der Waals surface area contributed by atoms with Gasteiger partial charge in [-0.1, -0.05) is 84.9 Å². The number of benzene rings is 5. The van der Waals surface area contributed by atoms with Gasteiger partial charge in [-0.15, -0.1) is 0 Å². The molecule has 0 unspecified atom stereocenters. The Bertz CT molecular complexity index is 2020. The number of fused-ring (bicyclic) bond motifs is 2. The molecule has 0 saturated carbocycles. The first kappa shape index (κ1) is 24.9. The lowest BCUT2D eigenvalue weighted by molar-refractivity contribution is 1.30. The Morgan fingerprint density at radius 3 is 1.14 bits per heavy atom. The van der Waals surface area contributed by atoms with Gasteiger partial charge in [0.15, 0.2) is 0 Å². The van der Waals surface area contributed by atoms with E-state index in [2.05, 4.69) is 119 Å². The van der Waals surface area contributed by atoms with E-state index < -0.39 is 0 Å². The zero-order valence-corrected chi connectivity index (χ0v) is 22.5. The smallest absolute Gasteiger partial charge is 0.101 e. The number of pyridine rings is 2. The molecular weight excluding hydrogens is 512 g/mol. The largest absolute Gasteiger partial charge is 0.263 e. The van der Waals surface area contributed by atoms with Crippen molar-refractivity contribution in [2.24, 2.45) is 0 Å². The standard InChI is InChI=1S/C38H22N4/c39-19-25-15-31(23-41-21-25)27-7-5-9-29(17-27)37-33-11-1-2-12-34(33)38(36-14-4-3-13-35(36)37)30-10-6-8-28(18-30)32-16-26(20-40)22-42-24-32/h1-18,21-24H. The first-order valence-electron chi connectivity index (χ1n) is 13.6. The normalized spacial score (nSPS) is 10.8. The van der Waals surface area contributed by atoms with Crippen LogP contribution in [-0.2, 0) is 0 Å². The molecule has 0 bridgehead atoms. The van der Waals surface area contributed by atoms with E-state index in [4.69, 9.17) is 0 Å². The van der Waals surface area contributed by atoms with Gasteiger partial charge in [0, 0.05) is 35.9 Å². The van der Waals surface area contributed by atoms with Crippen LogP contribution in [0, 0.1) is 22.7 Å². The maximum atomic E-state index is 9.40. The summed E-state index contributed by atoms with van der Waals surface area (Å²) in [6.07, 6.45) is 6.76. The zero-order chi connectivity index (χ0) is 28.5. The van der Waals surface area contributed by atoms with Crippen LogP contribution < -0.4 is 0 Å². The van der Waals surface area contributed by atoms with Crippen molar-refractivity contribution in [3.05, 3.63) is 145 Å². The van der Waals surface area contributed by atoms with Gasteiger partial charge in [-0.3, -0.25) is 9.97 Å². The molecule has 0 radical (unpaired) electrons. The molecule has 2 heterocycles. The average molecular weight is 535 g/mol. The highest BCUT2D eigenvalue weighted by molar-refractivity contribution is 6.21. The van der Waals surface area contributed by atoms with Crippen LogP contribution in [0.25, 0.3) is 66.1 Å². The van der Waals surface area contributed by atoms with E-state index >= 15 is 0 Å². The molecule has 0 saturated heterocycles. The predicted molar refractivity (Wildman–Crippen MR) is 168 cm³/mol. The number of aromatic nitrogens is 2. The summed E-state index contributed by atoms with van der Waals surface area (Å²) in [7, 11) is 0. The van der Waals surface area contributed by atoms with Crippen molar-refractivity contribution in [3.63, 3.8) is 0 Å². The van der Waals surface area contributed by atoms with E-state index in [1.807, 2.05) is 12.1 Å². The summed E-state index contributed by atoms with van der Waals surface area (Å²) in [5.41, 5.74) is 9.44. The Morgan fingerprint density at radius 2 is 0.762 bits per heavy atom. The second kappa shape index (κ2) is 10.5. The van der Waals surface area contributed by atoms with Crippen molar-refractivity contribution in [2.45, 2.75) is 0 Å². The van der Waals surface area contributed by atoms with Crippen LogP contribution in [0.2, 0.25) is 0 Å². The van der Waals surface area contributed by atoms with Crippen LogP contribution in [0.15, 0.2) is 134 Å². The SMILES string of the molecule is N#Cc1cncc(-c2cccc(-c3c4ccccc4c(-c4cccc(-c5cncc(C#N)c5)c4)c4ccccc34)c2)c1. The van der Waals surface area contributed by atoms with E-state index in [0.717, 1.165) is 54.9 Å². The third kappa shape index (κ3) is 4.34. The van der Waals surface area contributed by atoms with Gasteiger partial charge >= 0.3 is 0 Å². The summed E-state index contributed by atoms with van der Waals surface area (Å²) in [5.74, 6) is 0. The molecule has 0 aliphatic rings. The fraction of sp³-hybridized carbons (Fsp3) is 0. The number of rotatable bonds is 4. The zero-order valence-electron chi connectivity index (χ0n) is 22.5. The van der Waals surface area contributed by atoms with Crippen LogP contribution in [0.4, 0.5) is 0 Å². The van der Waals surface area contributed by atoms with E-state index in [1.165, 1.54) is 11.1 Å². The molecule has 5 aromatic carbocycles. The van der Waals surface area contributed by atoms with E-state index in [-0.39, 0.29) is 0 Å². The first-order chi connectivity index (χ1) is 20.7. The minimum Gasteiger partial charge on any atom is -0.263 e. The highest BCUT2D eigenvalue weighted by Gasteiger charge is 2.17. The Morgan fingerprint density at radius 1 is 0.381 bits per heavy atom. The summed E-state index contributed by atoms with van der Waals surface area (Å²) < 4.78 is 0. The van der Waals surface area contributed by atoms with Crippen LogP contribution >= 0.6 is 0 Å².